The summed E-state index contributed by atoms with van der Waals surface area (Å²) in [5, 5.41) is 13.2. The summed E-state index contributed by atoms with van der Waals surface area (Å²) in [5.74, 6) is 1.70. The second-order valence-corrected chi connectivity index (χ2v) is 10.2. The van der Waals surface area contributed by atoms with Crippen molar-refractivity contribution >= 4 is 29.3 Å². The fourth-order valence-electron chi connectivity index (χ4n) is 4.69. The highest BCUT2D eigenvalue weighted by Crippen LogP contribution is 2.44. The second-order valence-electron chi connectivity index (χ2n) is 10.2. The predicted octanol–water partition coefficient (Wildman–Crippen LogP) is 5.43. The van der Waals surface area contributed by atoms with E-state index in [2.05, 4.69) is 17.2 Å². The normalized spacial score (nSPS) is 16.3. The number of nitrogens with zero attached hydrogens (tertiary/aromatic N) is 1. The lowest BCUT2D eigenvalue weighted by Gasteiger charge is -2.38. The van der Waals surface area contributed by atoms with Gasteiger partial charge < -0.3 is 31.4 Å². The van der Waals surface area contributed by atoms with Gasteiger partial charge in [0.05, 0.1) is 12.3 Å². The van der Waals surface area contributed by atoms with Gasteiger partial charge in [-0.3, -0.25) is 4.79 Å². The molecule has 8 heteroatoms. The van der Waals surface area contributed by atoms with Crippen LogP contribution in [0.15, 0.2) is 59.6 Å². The van der Waals surface area contributed by atoms with E-state index in [1.165, 1.54) is 6.08 Å². The first-order chi connectivity index (χ1) is 18.5. The quantitative estimate of drug-likeness (QED) is 0.175. The number of nitrogens with two attached hydrogens (primary N) is 2. The number of aromatic hydroxyl groups is 1. The van der Waals surface area contributed by atoms with Crippen molar-refractivity contribution in [2.45, 2.75) is 52.6 Å². The van der Waals surface area contributed by atoms with E-state index in [4.69, 9.17) is 20.9 Å². The average Bonchev–Trinajstić information content (AvgIpc) is 2.90. The Balaban J connectivity index is 1.29. The maximum atomic E-state index is 12.4. The van der Waals surface area contributed by atoms with Crippen LogP contribution in [0.4, 0.5) is 11.4 Å². The van der Waals surface area contributed by atoms with E-state index in [0.717, 1.165) is 52.8 Å². The molecular weight excluding hydrogens is 492 g/mol. The molecule has 0 aromatic heterocycles. The maximum absolute atomic E-state index is 12.4. The Labute approximate surface area is 229 Å². The number of amides is 1. The number of anilines is 1. The Morgan fingerprint density at radius 2 is 1.87 bits per heavy atom. The minimum atomic E-state index is -0.351. The summed E-state index contributed by atoms with van der Waals surface area (Å²) < 4.78 is 12.5. The summed E-state index contributed by atoms with van der Waals surface area (Å²) in [4.78, 5) is 16.4. The van der Waals surface area contributed by atoms with E-state index in [9.17, 15) is 9.90 Å². The first kappa shape index (κ1) is 27.6. The largest absolute Gasteiger partial charge is 0.507 e. The molecule has 0 bridgehead atoms. The molecule has 3 aromatic carbocycles. The number of phenols is 1. The van der Waals surface area contributed by atoms with Crippen LogP contribution < -0.4 is 26.3 Å². The number of fused-ring (bicyclic) bond motifs is 1. The van der Waals surface area contributed by atoms with Crippen LogP contribution in [-0.4, -0.2) is 29.2 Å². The molecule has 0 fully saturated rings. The van der Waals surface area contributed by atoms with Gasteiger partial charge in [0, 0.05) is 23.7 Å². The zero-order valence-electron chi connectivity index (χ0n) is 22.9. The number of hydrogen-bond acceptors (Lipinski definition) is 5. The van der Waals surface area contributed by atoms with Crippen molar-refractivity contribution in [2.75, 3.05) is 11.9 Å². The van der Waals surface area contributed by atoms with Crippen LogP contribution in [0.3, 0.4) is 0 Å². The van der Waals surface area contributed by atoms with Gasteiger partial charge in [0.2, 0.25) is 5.91 Å². The SMILES string of the molecule is Cc1c(C)c2c(c(C)c1O)CCC(C)(CCOc1ccc(NC(=O)C=Cc3cccc(N=C(N)N)c3)cc1)O2. The number of carbonyl (C=O) groups is 1. The summed E-state index contributed by atoms with van der Waals surface area (Å²) in [6.45, 7) is 8.48. The summed E-state index contributed by atoms with van der Waals surface area (Å²) in [6, 6.07) is 14.5. The molecule has 0 saturated carbocycles. The number of phenolic OH excluding ortho intramolecular Hbond substituents is 1. The second kappa shape index (κ2) is 11.5. The van der Waals surface area contributed by atoms with E-state index >= 15 is 0 Å². The molecule has 0 saturated heterocycles. The third-order valence-electron chi connectivity index (χ3n) is 7.17. The Bertz CT molecular complexity index is 1430. The molecule has 1 amide bonds. The van der Waals surface area contributed by atoms with Crippen LogP contribution in [-0.2, 0) is 11.2 Å². The third kappa shape index (κ3) is 6.71. The van der Waals surface area contributed by atoms with Gasteiger partial charge in [-0.05, 0) is 105 Å². The summed E-state index contributed by atoms with van der Waals surface area (Å²) in [6.07, 6.45) is 5.57. The number of nitrogens with one attached hydrogen (secondary N) is 1. The lowest BCUT2D eigenvalue weighted by Crippen LogP contribution is -2.38. The van der Waals surface area contributed by atoms with Crippen LogP contribution in [0.1, 0.15) is 47.6 Å². The Kier molecular flexibility index (Phi) is 8.14. The predicted molar refractivity (Wildman–Crippen MR) is 156 cm³/mol. The Morgan fingerprint density at radius 3 is 2.59 bits per heavy atom. The van der Waals surface area contributed by atoms with Crippen LogP contribution in [0.2, 0.25) is 0 Å². The lowest BCUT2D eigenvalue weighted by molar-refractivity contribution is -0.111. The monoisotopic (exact) mass is 528 g/mol. The van der Waals surface area contributed by atoms with Crippen molar-refractivity contribution in [1.29, 1.82) is 0 Å². The topological polar surface area (TPSA) is 132 Å². The molecule has 1 heterocycles. The highest BCUT2D eigenvalue weighted by atomic mass is 16.5. The van der Waals surface area contributed by atoms with Gasteiger partial charge in [0.1, 0.15) is 22.8 Å². The highest BCUT2D eigenvalue weighted by molar-refractivity contribution is 6.02. The number of guanidine groups is 1. The van der Waals surface area contributed by atoms with Crippen molar-refractivity contribution < 1.29 is 19.4 Å². The molecule has 1 aliphatic rings. The number of hydrogen-bond donors (Lipinski definition) is 4. The fraction of sp³-hybridized carbons (Fsp3) is 0.290. The molecule has 4 rings (SSSR count). The first-order valence-electron chi connectivity index (χ1n) is 13.0. The molecule has 0 spiro atoms. The van der Waals surface area contributed by atoms with Gasteiger partial charge in [-0.15, -0.1) is 0 Å². The standard InChI is InChI=1S/C31H36N4O4/c1-19-20(2)29-26(21(3)28(19)37)14-15-31(4,39-29)16-17-38-25-11-9-23(10-12-25)34-27(36)13-8-22-6-5-7-24(18-22)35-30(32)33/h5-13,18,37H,14-17H2,1-4H3,(H,34,36)(H4,32,33,35). The van der Waals surface area contributed by atoms with Gasteiger partial charge in [0.25, 0.3) is 0 Å². The van der Waals surface area contributed by atoms with Gasteiger partial charge in [-0.1, -0.05) is 12.1 Å². The van der Waals surface area contributed by atoms with Gasteiger partial charge >= 0.3 is 0 Å². The molecule has 0 radical (unpaired) electrons. The number of ether oxygens (including phenoxy) is 2. The van der Waals surface area contributed by atoms with Crippen molar-refractivity contribution in [2.24, 2.45) is 16.5 Å². The summed E-state index contributed by atoms with van der Waals surface area (Å²) in [5.41, 5.74) is 16.4. The molecule has 1 atom stereocenters. The molecule has 39 heavy (non-hydrogen) atoms. The van der Waals surface area contributed by atoms with Gasteiger partial charge in [0.15, 0.2) is 5.96 Å². The number of aliphatic imine (C=N–C) groups is 1. The summed E-state index contributed by atoms with van der Waals surface area (Å²) in [7, 11) is 0. The van der Waals surface area contributed by atoms with E-state index in [1.54, 1.807) is 30.3 Å². The van der Waals surface area contributed by atoms with E-state index < -0.39 is 0 Å². The Hall–Kier alpha value is -4.46. The van der Waals surface area contributed by atoms with Crippen LogP contribution in [0.5, 0.6) is 17.2 Å². The smallest absolute Gasteiger partial charge is 0.248 e. The molecule has 1 unspecified atom stereocenters. The van der Waals surface area contributed by atoms with Crippen molar-refractivity contribution in [3.05, 3.63) is 82.4 Å². The zero-order valence-corrected chi connectivity index (χ0v) is 22.9. The van der Waals surface area contributed by atoms with Crippen molar-refractivity contribution in [1.82, 2.24) is 0 Å². The fourth-order valence-corrected chi connectivity index (χ4v) is 4.69. The zero-order chi connectivity index (χ0) is 28.2. The molecular formula is C31H36N4O4. The van der Waals surface area contributed by atoms with Crippen LogP contribution >= 0.6 is 0 Å². The van der Waals surface area contributed by atoms with Crippen molar-refractivity contribution in [3.8, 4) is 17.2 Å². The first-order valence-corrected chi connectivity index (χ1v) is 13.0. The van der Waals surface area contributed by atoms with Crippen molar-refractivity contribution in [3.63, 3.8) is 0 Å². The molecule has 204 valence electrons. The van der Waals surface area contributed by atoms with E-state index in [0.29, 0.717) is 29.5 Å². The number of rotatable bonds is 8. The van der Waals surface area contributed by atoms with Gasteiger partial charge in [-0.25, -0.2) is 4.99 Å². The molecule has 3 aromatic rings. The third-order valence-corrected chi connectivity index (χ3v) is 7.17. The number of carbonyl (C=O) groups excluding carboxylic acids is 1. The van der Waals surface area contributed by atoms with Crippen LogP contribution in [0.25, 0.3) is 6.08 Å². The highest BCUT2D eigenvalue weighted by Gasteiger charge is 2.34. The summed E-state index contributed by atoms with van der Waals surface area (Å²) >= 11 is 0. The minimum Gasteiger partial charge on any atom is -0.507 e. The average molecular weight is 529 g/mol. The number of benzene rings is 3. The van der Waals surface area contributed by atoms with E-state index in [-0.39, 0.29) is 17.5 Å². The van der Waals surface area contributed by atoms with E-state index in [1.807, 2.05) is 45.0 Å². The molecule has 6 N–H and O–H groups in total. The maximum Gasteiger partial charge on any atom is 0.248 e. The van der Waals surface area contributed by atoms with Crippen LogP contribution in [0, 0.1) is 20.8 Å². The molecule has 1 aliphatic heterocycles. The Morgan fingerprint density at radius 1 is 1.13 bits per heavy atom. The minimum absolute atomic E-state index is 0.0225. The molecule has 8 nitrogen and oxygen atoms in total. The molecule has 0 aliphatic carbocycles. The van der Waals surface area contributed by atoms with Gasteiger partial charge in [-0.2, -0.15) is 0 Å². The lowest BCUT2D eigenvalue weighted by atomic mass is 9.86.